The minimum absolute atomic E-state index is 0.141. The fourth-order valence-electron chi connectivity index (χ4n) is 5.48. The number of benzene rings is 2. The quantitative estimate of drug-likeness (QED) is 0.284. The molecule has 4 aromatic rings. The number of aromatic nitrogens is 2. The van der Waals surface area contributed by atoms with Crippen molar-refractivity contribution < 1.29 is 9.59 Å². The van der Waals surface area contributed by atoms with E-state index >= 15 is 0 Å². The van der Waals surface area contributed by atoms with Crippen LogP contribution in [0.3, 0.4) is 0 Å². The molecule has 2 saturated heterocycles. The SMILES string of the molecule is CC1CCN(C(=O)c2cc3ccccc3n2Cc2ccc(Cl)cc2)CC1.O=CN1CCN(Cc2cccnc2)CC1. The zero-order chi connectivity index (χ0) is 28.6. The van der Waals surface area contributed by atoms with Crippen molar-refractivity contribution in [3.63, 3.8) is 0 Å². The second-order valence-electron chi connectivity index (χ2n) is 11.1. The Morgan fingerprint density at radius 2 is 1.63 bits per heavy atom. The number of carbonyl (C=O) groups is 2. The molecule has 0 unspecified atom stereocenters. The first-order valence-corrected chi connectivity index (χ1v) is 14.8. The topological polar surface area (TPSA) is 61.7 Å². The van der Waals surface area contributed by atoms with Gasteiger partial charge in [-0.1, -0.05) is 54.9 Å². The summed E-state index contributed by atoms with van der Waals surface area (Å²) < 4.78 is 2.14. The summed E-state index contributed by atoms with van der Waals surface area (Å²) >= 11 is 6.02. The minimum Gasteiger partial charge on any atom is -0.343 e. The molecule has 0 spiro atoms. The van der Waals surface area contributed by atoms with E-state index in [1.807, 2.05) is 64.5 Å². The number of piperidine rings is 1. The van der Waals surface area contributed by atoms with Crippen molar-refractivity contribution in [3.8, 4) is 0 Å². The van der Waals surface area contributed by atoms with Gasteiger partial charge in [0.2, 0.25) is 6.41 Å². The van der Waals surface area contributed by atoms with Crippen LogP contribution < -0.4 is 0 Å². The number of carbonyl (C=O) groups excluding carboxylic acids is 2. The molecule has 0 atom stereocenters. The molecule has 0 saturated carbocycles. The standard InChI is InChI=1S/C22H23ClN2O.C11H15N3O/c1-16-10-12-24(13-11-16)22(26)21-14-18-4-2-3-5-20(18)25(21)15-17-6-8-19(23)9-7-17;15-10-14-6-4-13(5-7-14)9-11-2-1-3-12-8-11/h2-9,14,16H,10-13,15H2,1H3;1-3,8,10H,4-7,9H2. The van der Waals surface area contributed by atoms with Crippen LogP contribution in [0.15, 0.2) is 79.1 Å². The van der Waals surface area contributed by atoms with E-state index in [0.29, 0.717) is 12.5 Å². The number of likely N-dealkylation sites (tertiary alicyclic amines) is 1. The maximum absolute atomic E-state index is 13.2. The van der Waals surface area contributed by atoms with Crippen LogP contribution in [0.5, 0.6) is 0 Å². The van der Waals surface area contributed by atoms with Crippen LogP contribution in [0.1, 0.15) is 41.4 Å². The smallest absolute Gasteiger partial charge is 0.270 e. The van der Waals surface area contributed by atoms with E-state index in [1.54, 1.807) is 6.20 Å². The molecule has 8 heteroatoms. The average molecular weight is 572 g/mol. The van der Waals surface area contributed by atoms with Gasteiger partial charge in [0.25, 0.3) is 5.91 Å². The molecular formula is C33H38ClN5O2. The van der Waals surface area contributed by atoms with E-state index in [1.165, 1.54) is 5.56 Å². The Morgan fingerprint density at radius 3 is 2.32 bits per heavy atom. The highest BCUT2D eigenvalue weighted by molar-refractivity contribution is 6.30. The van der Waals surface area contributed by atoms with Crippen molar-refractivity contribution in [2.24, 2.45) is 5.92 Å². The Balaban J connectivity index is 0.000000191. The summed E-state index contributed by atoms with van der Waals surface area (Å²) in [7, 11) is 0. The maximum Gasteiger partial charge on any atom is 0.270 e. The highest BCUT2D eigenvalue weighted by atomic mass is 35.5. The Kier molecular flexibility index (Phi) is 9.70. The molecule has 214 valence electrons. The highest BCUT2D eigenvalue weighted by Gasteiger charge is 2.25. The lowest BCUT2D eigenvalue weighted by Crippen LogP contribution is -2.45. The molecule has 2 aromatic carbocycles. The van der Waals surface area contributed by atoms with Crippen LogP contribution in [0.25, 0.3) is 10.9 Å². The van der Waals surface area contributed by atoms with Gasteiger partial charge in [0.1, 0.15) is 5.69 Å². The predicted molar refractivity (Wildman–Crippen MR) is 164 cm³/mol. The summed E-state index contributed by atoms with van der Waals surface area (Å²) in [6.45, 7) is 9.13. The molecule has 2 fully saturated rings. The largest absolute Gasteiger partial charge is 0.343 e. The molecule has 41 heavy (non-hydrogen) atoms. The van der Waals surface area contributed by atoms with Gasteiger partial charge >= 0.3 is 0 Å². The van der Waals surface area contributed by atoms with Crippen molar-refractivity contribution in [2.45, 2.75) is 32.9 Å². The molecule has 0 bridgehead atoms. The van der Waals surface area contributed by atoms with Gasteiger partial charge < -0.3 is 14.4 Å². The third kappa shape index (κ3) is 7.54. The second-order valence-corrected chi connectivity index (χ2v) is 11.5. The summed E-state index contributed by atoms with van der Waals surface area (Å²) in [6, 6.07) is 22.1. The predicted octanol–water partition coefficient (Wildman–Crippen LogP) is 5.57. The third-order valence-corrected chi connectivity index (χ3v) is 8.29. The number of rotatable bonds is 6. The van der Waals surface area contributed by atoms with Crippen LogP contribution in [0.2, 0.25) is 5.02 Å². The Morgan fingerprint density at radius 1 is 0.902 bits per heavy atom. The van der Waals surface area contributed by atoms with Gasteiger partial charge in [0.15, 0.2) is 0 Å². The number of pyridine rings is 1. The maximum atomic E-state index is 13.2. The Hall–Kier alpha value is -3.68. The van der Waals surface area contributed by atoms with Gasteiger partial charge in [0.05, 0.1) is 0 Å². The number of hydrogen-bond donors (Lipinski definition) is 0. The van der Waals surface area contributed by atoms with E-state index < -0.39 is 0 Å². The van der Waals surface area contributed by atoms with Crippen molar-refractivity contribution in [2.75, 3.05) is 39.3 Å². The molecule has 4 heterocycles. The van der Waals surface area contributed by atoms with Gasteiger partial charge in [-0.2, -0.15) is 0 Å². The number of halogens is 1. The van der Waals surface area contributed by atoms with Crippen molar-refractivity contribution in [3.05, 3.63) is 101 Å². The zero-order valence-corrected chi connectivity index (χ0v) is 24.4. The van der Waals surface area contributed by atoms with Crippen LogP contribution in [0.4, 0.5) is 0 Å². The fraction of sp³-hybridized carbons (Fsp3) is 0.364. The molecule has 2 amide bonds. The average Bonchev–Trinajstić information content (AvgIpc) is 3.38. The number of para-hydroxylation sites is 1. The summed E-state index contributed by atoms with van der Waals surface area (Å²) in [5.41, 5.74) is 4.24. The van der Waals surface area contributed by atoms with E-state index in [4.69, 9.17) is 11.6 Å². The first-order valence-electron chi connectivity index (χ1n) is 14.4. The monoisotopic (exact) mass is 571 g/mol. The molecule has 2 aliphatic heterocycles. The minimum atomic E-state index is 0.141. The summed E-state index contributed by atoms with van der Waals surface area (Å²) in [4.78, 5) is 34.0. The molecule has 0 aliphatic carbocycles. The fourth-order valence-corrected chi connectivity index (χ4v) is 5.61. The van der Waals surface area contributed by atoms with Crippen LogP contribution in [-0.2, 0) is 17.9 Å². The molecule has 2 aliphatic rings. The van der Waals surface area contributed by atoms with E-state index in [2.05, 4.69) is 39.6 Å². The van der Waals surface area contributed by atoms with E-state index in [0.717, 1.165) is 92.2 Å². The number of nitrogens with zero attached hydrogens (tertiary/aromatic N) is 5. The third-order valence-electron chi connectivity index (χ3n) is 8.04. The summed E-state index contributed by atoms with van der Waals surface area (Å²) in [5.74, 6) is 0.848. The summed E-state index contributed by atoms with van der Waals surface area (Å²) in [6.07, 6.45) is 6.79. The second kappa shape index (κ2) is 13.8. The van der Waals surface area contributed by atoms with Gasteiger partial charge in [0, 0.05) is 80.7 Å². The van der Waals surface area contributed by atoms with Crippen molar-refractivity contribution >= 4 is 34.8 Å². The van der Waals surface area contributed by atoms with E-state index in [-0.39, 0.29) is 5.91 Å². The molecule has 0 N–H and O–H groups in total. The van der Waals surface area contributed by atoms with Gasteiger partial charge in [-0.15, -0.1) is 0 Å². The molecule has 6 rings (SSSR count). The van der Waals surface area contributed by atoms with Crippen molar-refractivity contribution in [1.29, 1.82) is 0 Å². The lowest BCUT2D eigenvalue weighted by atomic mass is 9.99. The molecular weight excluding hydrogens is 534 g/mol. The molecule has 7 nitrogen and oxygen atoms in total. The van der Waals surface area contributed by atoms with Crippen molar-refractivity contribution in [1.82, 2.24) is 24.3 Å². The molecule has 2 aromatic heterocycles. The first kappa shape index (κ1) is 28.8. The number of fused-ring (bicyclic) bond motifs is 1. The highest BCUT2D eigenvalue weighted by Crippen LogP contribution is 2.25. The first-order chi connectivity index (χ1) is 20.0. The molecule has 0 radical (unpaired) electrons. The number of amides is 2. The van der Waals surface area contributed by atoms with E-state index in [9.17, 15) is 9.59 Å². The zero-order valence-electron chi connectivity index (χ0n) is 23.7. The lowest BCUT2D eigenvalue weighted by Gasteiger charge is -2.32. The van der Waals surface area contributed by atoms with Gasteiger partial charge in [-0.05, 0) is 60.2 Å². The summed E-state index contributed by atoms with van der Waals surface area (Å²) in [5, 5.41) is 1.83. The Bertz CT molecular complexity index is 1420. The normalized spacial score (nSPS) is 16.3. The van der Waals surface area contributed by atoms with Crippen LogP contribution in [-0.4, -0.2) is 75.8 Å². The van der Waals surface area contributed by atoms with Crippen LogP contribution >= 0.6 is 11.6 Å². The number of piperazine rings is 1. The van der Waals surface area contributed by atoms with Gasteiger partial charge in [-0.25, -0.2) is 0 Å². The lowest BCUT2D eigenvalue weighted by molar-refractivity contribution is -0.119. The van der Waals surface area contributed by atoms with Crippen LogP contribution in [0, 0.1) is 5.92 Å². The Labute approximate surface area is 247 Å². The van der Waals surface area contributed by atoms with Gasteiger partial charge in [-0.3, -0.25) is 19.5 Å². The number of hydrogen-bond acceptors (Lipinski definition) is 4.